The number of para-hydroxylation sites is 1. The maximum Gasteiger partial charge on any atom is 0.261 e. The topological polar surface area (TPSA) is 80.1 Å². The number of aliphatic imine (C=N–C) groups is 2. The minimum Gasteiger partial charge on any atom is -0.457 e. The number of benzene rings is 2. The van der Waals surface area contributed by atoms with Gasteiger partial charge in [-0.25, -0.2) is 4.99 Å². The van der Waals surface area contributed by atoms with Gasteiger partial charge in [-0.05, 0) is 72.6 Å². The van der Waals surface area contributed by atoms with Gasteiger partial charge in [-0.15, -0.1) is 0 Å². The van der Waals surface area contributed by atoms with Crippen molar-refractivity contribution in [1.29, 1.82) is 0 Å². The number of nitrogens with zero attached hydrogens (tertiary/aromatic N) is 2. The lowest BCUT2D eigenvalue weighted by Gasteiger charge is -2.16. The average molecular weight is 460 g/mol. The molecule has 0 spiro atoms. The molecule has 0 saturated heterocycles. The highest BCUT2D eigenvalue weighted by molar-refractivity contribution is 8.17. The first-order valence-corrected chi connectivity index (χ1v) is 12.2. The molecule has 1 aliphatic carbocycles. The van der Waals surface area contributed by atoms with Gasteiger partial charge in [-0.1, -0.05) is 36.4 Å². The molecule has 2 aromatic carbocycles. The van der Waals surface area contributed by atoms with E-state index in [1.54, 1.807) is 23.9 Å². The zero-order valence-corrected chi connectivity index (χ0v) is 19.1. The van der Waals surface area contributed by atoms with E-state index in [9.17, 15) is 9.59 Å². The van der Waals surface area contributed by atoms with E-state index in [0.29, 0.717) is 23.7 Å². The van der Waals surface area contributed by atoms with Gasteiger partial charge >= 0.3 is 0 Å². The molecular weight excluding hydrogens is 434 g/mol. The fraction of sp³-hybridized carbons (Fsp3) is 0.308. The largest absolute Gasteiger partial charge is 0.457 e. The molecule has 1 N–H and O–H groups in total. The van der Waals surface area contributed by atoms with Gasteiger partial charge in [-0.2, -0.15) is 4.99 Å². The number of fused-ring (bicyclic) bond motifs is 2. The van der Waals surface area contributed by atoms with Crippen molar-refractivity contribution in [3.63, 3.8) is 0 Å². The number of allylic oxidation sites excluding steroid dienone is 1. The third-order valence-electron chi connectivity index (χ3n) is 5.95. The van der Waals surface area contributed by atoms with Crippen molar-refractivity contribution in [3.8, 4) is 11.5 Å². The third kappa shape index (κ3) is 5.09. The molecule has 2 aliphatic heterocycles. The highest BCUT2D eigenvalue weighted by atomic mass is 32.2. The van der Waals surface area contributed by atoms with E-state index in [4.69, 9.17) is 4.74 Å². The zero-order valence-electron chi connectivity index (χ0n) is 18.3. The van der Waals surface area contributed by atoms with E-state index in [-0.39, 0.29) is 24.2 Å². The lowest BCUT2D eigenvalue weighted by molar-refractivity contribution is -0.119. The van der Waals surface area contributed by atoms with Crippen molar-refractivity contribution >= 4 is 40.1 Å². The van der Waals surface area contributed by atoms with Crippen molar-refractivity contribution in [1.82, 2.24) is 0 Å². The van der Waals surface area contributed by atoms with Crippen molar-refractivity contribution in [2.24, 2.45) is 15.9 Å². The van der Waals surface area contributed by atoms with Crippen LogP contribution in [0.25, 0.3) is 0 Å². The second kappa shape index (κ2) is 9.75. The quantitative estimate of drug-likeness (QED) is 0.565. The molecule has 0 bridgehead atoms. The number of amides is 2. The Morgan fingerprint density at radius 2 is 1.73 bits per heavy atom. The van der Waals surface area contributed by atoms with Gasteiger partial charge in [0.15, 0.2) is 0 Å². The lowest BCUT2D eigenvalue weighted by atomic mass is 9.94. The summed E-state index contributed by atoms with van der Waals surface area (Å²) in [7, 11) is 0. The maximum absolute atomic E-state index is 12.7. The van der Waals surface area contributed by atoms with Crippen molar-refractivity contribution < 1.29 is 14.3 Å². The molecule has 1 unspecified atom stereocenters. The van der Waals surface area contributed by atoms with Gasteiger partial charge in [0.2, 0.25) is 5.91 Å². The van der Waals surface area contributed by atoms with Crippen molar-refractivity contribution in [2.45, 2.75) is 44.9 Å². The van der Waals surface area contributed by atoms with E-state index in [1.807, 2.05) is 42.5 Å². The fourth-order valence-corrected chi connectivity index (χ4v) is 5.67. The molecule has 2 aromatic rings. The number of hydrogen-bond donors (Lipinski definition) is 1. The summed E-state index contributed by atoms with van der Waals surface area (Å²) in [5.41, 5.74) is 1.93. The van der Waals surface area contributed by atoms with Gasteiger partial charge in [-0.3, -0.25) is 9.59 Å². The van der Waals surface area contributed by atoms with E-state index < -0.39 is 0 Å². The van der Waals surface area contributed by atoms with Crippen LogP contribution in [0.3, 0.4) is 0 Å². The maximum atomic E-state index is 12.7. The van der Waals surface area contributed by atoms with Gasteiger partial charge < -0.3 is 10.1 Å². The highest BCUT2D eigenvalue weighted by Crippen LogP contribution is 2.46. The van der Waals surface area contributed by atoms with Gasteiger partial charge in [0.25, 0.3) is 5.91 Å². The number of nitrogens with one attached hydrogen (secondary N) is 1. The molecule has 2 heterocycles. The molecule has 0 aromatic heterocycles. The van der Waals surface area contributed by atoms with Crippen LogP contribution >= 0.6 is 11.8 Å². The first-order chi connectivity index (χ1) is 16.2. The smallest absolute Gasteiger partial charge is 0.261 e. The van der Waals surface area contributed by atoms with E-state index in [2.05, 4.69) is 15.3 Å². The van der Waals surface area contributed by atoms with E-state index >= 15 is 0 Å². The average Bonchev–Trinajstić information content (AvgIpc) is 3.01. The SMILES string of the molecule is O=C(CCC1=NC(=O)C2C(=N1)SC1=C2CCCCC1)Nc1ccc(Oc2ccccc2)cc1. The predicted molar refractivity (Wildman–Crippen MR) is 132 cm³/mol. The first kappa shape index (κ1) is 21.6. The van der Waals surface area contributed by atoms with Gasteiger partial charge in [0.05, 0.1) is 5.04 Å². The first-order valence-electron chi connectivity index (χ1n) is 11.4. The summed E-state index contributed by atoms with van der Waals surface area (Å²) in [4.78, 5) is 35.4. The number of amidine groups is 1. The summed E-state index contributed by atoms with van der Waals surface area (Å²) >= 11 is 1.65. The van der Waals surface area contributed by atoms with Crippen LogP contribution in [0.15, 0.2) is 75.1 Å². The van der Waals surface area contributed by atoms with Crippen LogP contribution < -0.4 is 10.1 Å². The predicted octanol–water partition coefficient (Wildman–Crippen LogP) is 6.12. The monoisotopic (exact) mass is 459 g/mol. The minimum atomic E-state index is -0.266. The second-order valence-corrected chi connectivity index (χ2v) is 9.46. The summed E-state index contributed by atoms with van der Waals surface area (Å²) in [6, 6.07) is 16.8. The summed E-state index contributed by atoms with van der Waals surface area (Å²) in [5.74, 6) is 1.38. The van der Waals surface area contributed by atoms with Crippen LogP contribution in [-0.4, -0.2) is 22.7 Å². The summed E-state index contributed by atoms with van der Waals surface area (Å²) < 4.78 is 5.77. The Hall–Kier alpha value is -3.19. The van der Waals surface area contributed by atoms with Crippen LogP contribution in [0.2, 0.25) is 0 Å². The van der Waals surface area contributed by atoms with Gasteiger partial charge in [0, 0.05) is 18.5 Å². The Morgan fingerprint density at radius 1 is 0.970 bits per heavy atom. The molecular formula is C26H25N3O3S. The number of ether oxygens (including phenoxy) is 1. The molecule has 6 nitrogen and oxygen atoms in total. The standard InChI is InChI=1S/C26H25N3O3S/c30-23(27-17-11-13-19(14-12-17)32-18-7-3-1-4-8-18)16-15-22-28-25(31)24-20-9-5-2-6-10-21(20)33-26(24)29-22/h1,3-4,7-8,11-14,24H,2,5-6,9-10,15-16H2,(H,27,30). The Bertz CT molecular complexity index is 1150. The molecule has 33 heavy (non-hydrogen) atoms. The Kier molecular flexibility index (Phi) is 6.39. The molecule has 0 saturated carbocycles. The summed E-state index contributed by atoms with van der Waals surface area (Å²) in [6.45, 7) is 0. The molecule has 3 aliphatic rings. The molecule has 1 atom stereocenters. The van der Waals surface area contributed by atoms with E-state index in [1.165, 1.54) is 23.3 Å². The normalized spacial score (nSPS) is 19.8. The molecule has 168 valence electrons. The Morgan fingerprint density at radius 3 is 2.55 bits per heavy atom. The Labute approximate surface area is 197 Å². The van der Waals surface area contributed by atoms with E-state index in [0.717, 1.165) is 30.1 Å². The molecule has 0 radical (unpaired) electrons. The number of rotatable bonds is 6. The minimum absolute atomic E-state index is 0.121. The molecule has 5 rings (SSSR count). The molecule has 0 fully saturated rings. The van der Waals surface area contributed by atoms with Crippen LogP contribution in [0, 0.1) is 5.92 Å². The van der Waals surface area contributed by atoms with Crippen LogP contribution in [-0.2, 0) is 9.59 Å². The number of thioether (sulfide) groups is 1. The number of carbonyl (C=O) groups is 2. The number of anilines is 1. The van der Waals surface area contributed by atoms with Crippen molar-refractivity contribution in [3.05, 3.63) is 65.1 Å². The van der Waals surface area contributed by atoms with Crippen LogP contribution in [0.5, 0.6) is 11.5 Å². The molecule has 7 heteroatoms. The second-order valence-electron chi connectivity index (χ2n) is 8.35. The number of hydrogen-bond acceptors (Lipinski definition) is 5. The summed E-state index contributed by atoms with van der Waals surface area (Å²) in [6.07, 6.45) is 6.09. The third-order valence-corrected chi connectivity index (χ3v) is 7.20. The fourth-order valence-electron chi connectivity index (χ4n) is 4.31. The zero-order chi connectivity index (χ0) is 22.6. The van der Waals surface area contributed by atoms with Gasteiger partial charge in [0.1, 0.15) is 23.3 Å². The van der Waals surface area contributed by atoms with Crippen LogP contribution in [0.1, 0.15) is 44.9 Å². The number of carbonyl (C=O) groups excluding carboxylic acids is 2. The summed E-state index contributed by atoms with van der Waals surface area (Å²) in [5, 5.41) is 3.73. The highest BCUT2D eigenvalue weighted by Gasteiger charge is 2.39. The van der Waals surface area contributed by atoms with Crippen LogP contribution in [0.4, 0.5) is 5.69 Å². The Balaban J connectivity index is 1.14. The van der Waals surface area contributed by atoms with Crippen molar-refractivity contribution in [2.75, 3.05) is 5.32 Å². The lowest BCUT2D eigenvalue weighted by Crippen LogP contribution is -2.26. The molecule has 2 amide bonds.